The smallest absolute Gasteiger partial charge is 0.410 e. The van der Waals surface area contributed by atoms with E-state index >= 15 is 0 Å². The molecule has 1 amide bonds. The number of amides is 1. The van der Waals surface area contributed by atoms with Crippen LogP contribution in [0, 0.1) is 0 Å². The summed E-state index contributed by atoms with van der Waals surface area (Å²) in [6.45, 7) is 8.24. The van der Waals surface area contributed by atoms with E-state index in [0.717, 1.165) is 15.1 Å². The minimum absolute atomic E-state index is 0.258. The molecule has 1 aromatic heterocycles. The van der Waals surface area contributed by atoms with Crippen molar-refractivity contribution < 1.29 is 9.53 Å². The quantitative estimate of drug-likeness (QED) is 0.733. The van der Waals surface area contributed by atoms with Crippen molar-refractivity contribution >= 4 is 38.3 Å². The van der Waals surface area contributed by atoms with Crippen molar-refractivity contribution in [2.24, 2.45) is 0 Å². The van der Waals surface area contributed by atoms with Crippen LogP contribution >= 0.6 is 21.0 Å². The molecule has 0 bridgehead atoms. The highest BCUT2D eigenvalue weighted by Crippen LogP contribution is 2.26. The second kappa shape index (κ2) is 8.44. The van der Waals surface area contributed by atoms with Crippen LogP contribution in [0.3, 0.4) is 0 Å². The van der Waals surface area contributed by atoms with Gasteiger partial charge in [-0.15, -0.1) is 9.24 Å². The summed E-state index contributed by atoms with van der Waals surface area (Å²) in [6, 6.07) is 8.28. The summed E-state index contributed by atoms with van der Waals surface area (Å²) >= 11 is 1.64. The molecule has 1 saturated heterocycles. The third kappa shape index (κ3) is 5.81. The molecule has 27 heavy (non-hydrogen) atoms. The first-order chi connectivity index (χ1) is 12.8. The number of carbonyl (C=O) groups excluding carboxylic acids is 1. The largest absolute Gasteiger partial charge is 0.444 e. The summed E-state index contributed by atoms with van der Waals surface area (Å²) in [5.74, 6) is 0.698. The Hall–Kier alpha value is -1.85. The van der Waals surface area contributed by atoms with Gasteiger partial charge in [-0.2, -0.15) is 0 Å². The number of carbonyl (C=O) groups is 1. The zero-order valence-corrected chi connectivity index (χ0v) is 17.9. The van der Waals surface area contributed by atoms with Crippen molar-refractivity contribution in [2.45, 2.75) is 36.2 Å². The van der Waals surface area contributed by atoms with Crippen LogP contribution in [-0.4, -0.2) is 52.7 Å². The maximum Gasteiger partial charge on any atom is 0.410 e. The van der Waals surface area contributed by atoms with Crippen LogP contribution in [-0.2, 0) is 4.74 Å². The molecule has 1 fully saturated rings. The van der Waals surface area contributed by atoms with Crippen LogP contribution in [0.4, 0.5) is 10.7 Å². The maximum atomic E-state index is 12.1. The molecule has 1 aliphatic heterocycles. The van der Waals surface area contributed by atoms with E-state index < -0.39 is 5.60 Å². The molecule has 1 aromatic carbocycles. The molecule has 0 saturated carbocycles. The van der Waals surface area contributed by atoms with Gasteiger partial charge in [0.15, 0.2) is 0 Å². The Morgan fingerprint density at radius 3 is 2.19 bits per heavy atom. The Morgan fingerprint density at radius 1 is 1.04 bits per heavy atom. The maximum absolute atomic E-state index is 12.1. The number of aromatic nitrogens is 2. The van der Waals surface area contributed by atoms with E-state index in [9.17, 15) is 4.79 Å². The molecule has 0 radical (unpaired) electrons. The van der Waals surface area contributed by atoms with Gasteiger partial charge in [0.1, 0.15) is 5.60 Å². The van der Waals surface area contributed by atoms with Crippen LogP contribution in [0.15, 0.2) is 46.5 Å². The predicted octanol–water partition coefficient (Wildman–Crippen LogP) is 3.19. The molecule has 6 nitrogen and oxygen atoms in total. The minimum Gasteiger partial charge on any atom is -0.444 e. The molecule has 0 N–H and O–H groups in total. The number of rotatable bonds is 3. The first kappa shape index (κ1) is 19.9. The molecule has 0 spiro atoms. The van der Waals surface area contributed by atoms with E-state index in [1.807, 2.05) is 33.2 Å². The Labute approximate surface area is 166 Å². The number of benzene rings is 1. The van der Waals surface area contributed by atoms with Gasteiger partial charge in [-0.1, -0.05) is 23.9 Å². The molecule has 1 atom stereocenters. The molecule has 2 heterocycles. The first-order valence-corrected chi connectivity index (χ1v) is 10.3. The molecule has 3 rings (SSSR count). The lowest BCUT2D eigenvalue weighted by Crippen LogP contribution is -2.50. The summed E-state index contributed by atoms with van der Waals surface area (Å²) < 4.78 is 5.43. The number of hydrogen-bond acceptors (Lipinski definition) is 6. The molecule has 8 heteroatoms. The standard InChI is InChI=1S/C19H25N4O2PS/c1-19(2,3)25-18(24)23-10-8-22(9-11-23)17-20-12-16(13-21-17)27-15-6-4-14(26)5-7-15/h4-7,12-13H,8-11,26H2,1-3H3. The lowest BCUT2D eigenvalue weighted by Gasteiger charge is -2.35. The second-order valence-electron chi connectivity index (χ2n) is 7.34. The van der Waals surface area contributed by atoms with Gasteiger partial charge in [0.25, 0.3) is 0 Å². The summed E-state index contributed by atoms with van der Waals surface area (Å²) in [7, 11) is 2.68. The van der Waals surface area contributed by atoms with Gasteiger partial charge in [-0.05, 0) is 38.2 Å². The highest BCUT2D eigenvalue weighted by atomic mass is 32.2. The van der Waals surface area contributed by atoms with Gasteiger partial charge in [0.05, 0.1) is 0 Å². The van der Waals surface area contributed by atoms with Crippen LogP contribution in [0.25, 0.3) is 0 Å². The highest BCUT2D eigenvalue weighted by Gasteiger charge is 2.26. The summed E-state index contributed by atoms with van der Waals surface area (Å²) in [5, 5.41) is 1.16. The monoisotopic (exact) mass is 404 g/mol. The number of piperazine rings is 1. The highest BCUT2D eigenvalue weighted by molar-refractivity contribution is 7.99. The number of anilines is 1. The van der Waals surface area contributed by atoms with Crippen LogP contribution in [0.2, 0.25) is 0 Å². The van der Waals surface area contributed by atoms with Gasteiger partial charge < -0.3 is 14.5 Å². The van der Waals surface area contributed by atoms with E-state index in [2.05, 4.69) is 48.4 Å². The average molecular weight is 404 g/mol. The van der Waals surface area contributed by atoms with E-state index in [1.54, 1.807) is 16.7 Å². The topological polar surface area (TPSA) is 58.6 Å². The summed E-state index contributed by atoms with van der Waals surface area (Å²) in [6.07, 6.45) is 3.44. The Morgan fingerprint density at radius 2 is 1.63 bits per heavy atom. The second-order valence-corrected chi connectivity index (χ2v) is 9.16. The van der Waals surface area contributed by atoms with E-state index in [0.29, 0.717) is 32.1 Å². The molecule has 0 aliphatic carbocycles. The fourth-order valence-corrected chi connectivity index (χ4v) is 3.56. The summed E-state index contributed by atoms with van der Waals surface area (Å²) in [4.78, 5) is 27.1. The van der Waals surface area contributed by atoms with Crippen molar-refractivity contribution in [3.05, 3.63) is 36.7 Å². The Bertz CT molecular complexity index is 770. The van der Waals surface area contributed by atoms with Crippen LogP contribution in [0.5, 0.6) is 0 Å². The van der Waals surface area contributed by atoms with E-state index in [-0.39, 0.29) is 6.09 Å². The normalized spacial score (nSPS) is 15.0. The van der Waals surface area contributed by atoms with E-state index in [4.69, 9.17) is 4.74 Å². The molecule has 2 aromatic rings. The molecule has 144 valence electrons. The Kier molecular flexibility index (Phi) is 6.22. The van der Waals surface area contributed by atoms with Crippen molar-refractivity contribution in [1.82, 2.24) is 14.9 Å². The molecule has 1 unspecified atom stereocenters. The Balaban J connectivity index is 1.54. The van der Waals surface area contributed by atoms with Crippen molar-refractivity contribution in [3.8, 4) is 0 Å². The number of hydrogen-bond donors (Lipinski definition) is 0. The number of ether oxygens (including phenoxy) is 1. The SMILES string of the molecule is CC(C)(C)OC(=O)N1CCN(c2ncc(Sc3ccc(P)cc3)cn2)CC1. The third-order valence-electron chi connectivity index (χ3n) is 3.94. The zero-order valence-electron chi connectivity index (χ0n) is 15.9. The van der Waals surface area contributed by atoms with Crippen molar-refractivity contribution in [3.63, 3.8) is 0 Å². The van der Waals surface area contributed by atoms with Crippen molar-refractivity contribution in [1.29, 1.82) is 0 Å². The van der Waals surface area contributed by atoms with Crippen LogP contribution < -0.4 is 10.2 Å². The fourth-order valence-electron chi connectivity index (χ4n) is 2.61. The average Bonchev–Trinajstić information content (AvgIpc) is 2.63. The van der Waals surface area contributed by atoms with Gasteiger partial charge in [0.2, 0.25) is 5.95 Å². The summed E-state index contributed by atoms with van der Waals surface area (Å²) in [5.41, 5.74) is -0.471. The van der Waals surface area contributed by atoms with Gasteiger partial charge in [0, 0.05) is 48.4 Å². The van der Waals surface area contributed by atoms with Gasteiger partial charge in [-0.3, -0.25) is 0 Å². The predicted molar refractivity (Wildman–Crippen MR) is 112 cm³/mol. The molecular formula is C19H25N4O2PS. The minimum atomic E-state index is -0.471. The molecular weight excluding hydrogens is 379 g/mol. The third-order valence-corrected chi connectivity index (χ3v) is 5.28. The van der Waals surface area contributed by atoms with Gasteiger partial charge >= 0.3 is 6.09 Å². The lowest BCUT2D eigenvalue weighted by atomic mass is 10.2. The molecule has 1 aliphatic rings. The fraction of sp³-hybridized carbons (Fsp3) is 0.421. The van der Waals surface area contributed by atoms with Crippen molar-refractivity contribution in [2.75, 3.05) is 31.1 Å². The van der Waals surface area contributed by atoms with Gasteiger partial charge in [-0.25, -0.2) is 14.8 Å². The van der Waals surface area contributed by atoms with Crippen LogP contribution in [0.1, 0.15) is 20.8 Å². The first-order valence-electron chi connectivity index (χ1n) is 8.88. The number of nitrogens with zero attached hydrogens (tertiary/aromatic N) is 4. The lowest BCUT2D eigenvalue weighted by molar-refractivity contribution is 0.0240. The zero-order chi connectivity index (χ0) is 19.4. The van der Waals surface area contributed by atoms with E-state index in [1.165, 1.54) is 0 Å².